The van der Waals surface area contributed by atoms with Crippen LogP contribution in [0.15, 0.2) is 0 Å². The molecule has 0 aliphatic heterocycles. The summed E-state index contributed by atoms with van der Waals surface area (Å²) in [5.41, 5.74) is 0. The van der Waals surface area contributed by atoms with E-state index in [1.165, 1.54) is 0 Å². The highest BCUT2D eigenvalue weighted by atomic mass is 16.5. The van der Waals surface area contributed by atoms with Crippen molar-refractivity contribution in [2.75, 3.05) is 67.3 Å². The molecule has 0 radical (unpaired) electrons. The Hall–Kier alpha value is -0.200. The normalized spacial score (nSPS) is 13.1. The summed E-state index contributed by atoms with van der Waals surface area (Å²) in [6, 6.07) is 0.379. The third kappa shape index (κ3) is 11.3. The number of rotatable bonds is 14. The molecule has 0 spiro atoms. The maximum Gasteiger partial charge on any atom is 0.0628 e. The summed E-state index contributed by atoms with van der Waals surface area (Å²) in [6.07, 6.45) is 2.19. The van der Waals surface area contributed by atoms with Crippen molar-refractivity contribution in [1.29, 1.82) is 0 Å². The van der Waals surface area contributed by atoms with Gasteiger partial charge in [-0.2, -0.15) is 0 Å². The number of nitrogens with one attached hydrogen (secondary N) is 1. The van der Waals surface area contributed by atoms with Crippen LogP contribution in [0.4, 0.5) is 0 Å². The highest BCUT2D eigenvalue weighted by Crippen LogP contribution is 1.97. The fourth-order valence-corrected chi connectivity index (χ4v) is 1.98. The Morgan fingerprint density at radius 1 is 1.00 bits per heavy atom. The zero-order valence-corrected chi connectivity index (χ0v) is 13.1. The molecule has 0 fully saturated rings. The van der Waals surface area contributed by atoms with Gasteiger partial charge in [0.15, 0.2) is 0 Å². The molecule has 0 saturated heterocycles. The third-order valence-corrected chi connectivity index (χ3v) is 2.96. The first-order valence-corrected chi connectivity index (χ1v) is 7.21. The molecule has 0 rings (SSSR count). The first-order valence-electron chi connectivity index (χ1n) is 7.21. The van der Waals surface area contributed by atoms with Gasteiger partial charge in [0.25, 0.3) is 0 Å². The highest BCUT2D eigenvalue weighted by Gasteiger charge is 2.13. The molecule has 0 aromatic rings. The molecule has 0 aliphatic carbocycles. The largest absolute Gasteiger partial charge is 0.385 e. The topological polar surface area (TPSA) is 43.0 Å². The number of hydrogen-bond donors (Lipinski definition) is 1. The molecule has 116 valence electrons. The van der Waals surface area contributed by atoms with Crippen molar-refractivity contribution in [3.8, 4) is 0 Å². The fraction of sp³-hybridized carbons (Fsp3) is 1.00. The molecule has 0 heterocycles. The van der Waals surface area contributed by atoms with Crippen molar-refractivity contribution in [3.63, 3.8) is 0 Å². The lowest BCUT2D eigenvalue weighted by molar-refractivity contribution is 0.105. The van der Waals surface area contributed by atoms with Gasteiger partial charge < -0.3 is 19.5 Å². The maximum atomic E-state index is 5.29. The van der Waals surface area contributed by atoms with E-state index in [0.717, 1.165) is 58.8 Å². The molecule has 5 heteroatoms. The third-order valence-electron chi connectivity index (χ3n) is 2.96. The van der Waals surface area contributed by atoms with Crippen LogP contribution in [0, 0.1) is 0 Å². The number of methoxy groups -OCH3 is 3. The van der Waals surface area contributed by atoms with E-state index in [1.54, 1.807) is 21.3 Å². The minimum absolute atomic E-state index is 0.379. The van der Waals surface area contributed by atoms with Gasteiger partial charge >= 0.3 is 0 Å². The summed E-state index contributed by atoms with van der Waals surface area (Å²) in [5, 5.41) is 3.53. The summed E-state index contributed by atoms with van der Waals surface area (Å²) >= 11 is 0. The molecule has 0 amide bonds. The Morgan fingerprint density at radius 3 is 2.32 bits per heavy atom. The van der Waals surface area contributed by atoms with Crippen molar-refractivity contribution >= 4 is 0 Å². The average Bonchev–Trinajstić information content (AvgIpc) is 2.42. The molecule has 0 aromatic heterocycles. The highest BCUT2D eigenvalue weighted by molar-refractivity contribution is 4.72. The van der Waals surface area contributed by atoms with Crippen molar-refractivity contribution in [2.24, 2.45) is 0 Å². The molecule has 0 aromatic carbocycles. The second kappa shape index (κ2) is 14.2. The van der Waals surface area contributed by atoms with Crippen LogP contribution in [-0.2, 0) is 14.2 Å². The van der Waals surface area contributed by atoms with Crippen LogP contribution >= 0.6 is 0 Å². The lowest BCUT2D eigenvalue weighted by Gasteiger charge is -2.27. The van der Waals surface area contributed by atoms with Gasteiger partial charge in [-0.05, 0) is 19.4 Å². The van der Waals surface area contributed by atoms with Crippen molar-refractivity contribution in [1.82, 2.24) is 10.2 Å². The second-order valence-electron chi connectivity index (χ2n) is 4.75. The van der Waals surface area contributed by atoms with E-state index >= 15 is 0 Å². The summed E-state index contributed by atoms with van der Waals surface area (Å²) in [7, 11) is 5.25. The first kappa shape index (κ1) is 18.8. The van der Waals surface area contributed by atoms with E-state index in [4.69, 9.17) is 14.2 Å². The predicted molar refractivity (Wildman–Crippen MR) is 78.8 cm³/mol. The van der Waals surface area contributed by atoms with Crippen LogP contribution in [-0.4, -0.2) is 78.3 Å². The van der Waals surface area contributed by atoms with Gasteiger partial charge in [0, 0.05) is 53.6 Å². The first-order chi connectivity index (χ1) is 9.28. The monoisotopic (exact) mass is 276 g/mol. The van der Waals surface area contributed by atoms with Gasteiger partial charge in [0.1, 0.15) is 0 Å². The molecule has 5 nitrogen and oxygen atoms in total. The molecule has 0 saturated carbocycles. The smallest absolute Gasteiger partial charge is 0.0628 e. The van der Waals surface area contributed by atoms with E-state index in [-0.39, 0.29) is 0 Å². The molecule has 1 N–H and O–H groups in total. The molecular weight excluding hydrogens is 244 g/mol. The number of ether oxygens (including phenoxy) is 3. The van der Waals surface area contributed by atoms with Crippen molar-refractivity contribution < 1.29 is 14.2 Å². The fourth-order valence-electron chi connectivity index (χ4n) is 1.98. The minimum Gasteiger partial charge on any atom is -0.385 e. The molecule has 0 bridgehead atoms. The average molecular weight is 276 g/mol. The van der Waals surface area contributed by atoms with E-state index in [9.17, 15) is 0 Å². The summed E-state index contributed by atoms with van der Waals surface area (Å²) in [6.45, 7) is 8.50. The Balaban J connectivity index is 4.11. The Bertz CT molecular complexity index is 182. The summed E-state index contributed by atoms with van der Waals surface area (Å²) in [5.74, 6) is 0. The van der Waals surface area contributed by atoms with Gasteiger partial charge in [-0.1, -0.05) is 6.92 Å². The Kier molecular flexibility index (Phi) is 14.1. The standard InChI is InChI=1S/C14H32N2O3/c1-5-7-15-14(13-19-4)12-16(9-11-18-3)8-6-10-17-2/h14-15H,5-13H2,1-4H3. The van der Waals surface area contributed by atoms with Crippen molar-refractivity contribution in [3.05, 3.63) is 0 Å². The predicted octanol–water partition coefficient (Wildman–Crippen LogP) is 0.986. The van der Waals surface area contributed by atoms with Crippen LogP contribution in [0.2, 0.25) is 0 Å². The summed E-state index contributed by atoms with van der Waals surface area (Å²) < 4.78 is 15.6. The lowest BCUT2D eigenvalue weighted by atomic mass is 10.2. The van der Waals surface area contributed by atoms with Crippen LogP contribution in [0.25, 0.3) is 0 Å². The maximum absolute atomic E-state index is 5.29. The Labute approximate surface area is 118 Å². The zero-order valence-electron chi connectivity index (χ0n) is 13.1. The lowest BCUT2D eigenvalue weighted by Crippen LogP contribution is -2.45. The van der Waals surface area contributed by atoms with Crippen LogP contribution in [0.3, 0.4) is 0 Å². The minimum atomic E-state index is 0.379. The zero-order chi connectivity index (χ0) is 14.3. The van der Waals surface area contributed by atoms with Gasteiger partial charge in [-0.25, -0.2) is 0 Å². The van der Waals surface area contributed by atoms with Gasteiger partial charge in [0.05, 0.1) is 13.2 Å². The van der Waals surface area contributed by atoms with Crippen LogP contribution in [0.1, 0.15) is 19.8 Å². The summed E-state index contributed by atoms with van der Waals surface area (Å²) in [4.78, 5) is 2.41. The van der Waals surface area contributed by atoms with Gasteiger partial charge in [-0.3, -0.25) is 4.90 Å². The van der Waals surface area contributed by atoms with Gasteiger partial charge in [-0.15, -0.1) is 0 Å². The molecule has 1 atom stereocenters. The van der Waals surface area contributed by atoms with Gasteiger partial charge in [0.2, 0.25) is 0 Å². The SMILES string of the molecule is CCCNC(COC)CN(CCCOC)CCOC. The second-order valence-corrected chi connectivity index (χ2v) is 4.75. The van der Waals surface area contributed by atoms with Crippen LogP contribution in [0.5, 0.6) is 0 Å². The van der Waals surface area contributed by atoms with E-state index in [2.05, 4.69) is 17.1 Å². The van der Waals surface area contributed by atoms with E-state index in [0.29, 0.717) is 6.04 Å². The molecule has 0 aliphatic rings. The Morgan fingerprint density at radius 2 is 1.74 bits per heavy atom. The number of nitrogens with zero attached hydrogens (tertiary/aromatic N) is 1. The molecular formula is C14H32N2O3. The number of hydrogen-bond acceptors (Lipinski definition) is 5. The van der Waals surface area contributed by atoms with Crippen molar-refractivity contribution in [2.45, 2.75) is 25.8 Å². The van der Waals surface area contributed by atoms with E-state index in [1.807, 2.05) is 0 Å². The van der Waals surface area contributed by atoms with Crippen LogP contribution < -0.4 is 5.32 Å². The quantitative estimate of drug-likeness (QED) is 0.479. The molecule has 1 unspecified atom stereocenters. The molecule has 19 heavy (non-hydrogen) atoms. The van der Waals surface area contributed by atoms with E-state index < -0.39 is 0 Å².